The molecule has 1 N–H and O–H groups in total. The summed E-state index contributed by atoms with van der Waals surface area (Å²) >= 11 is 1.86. The zero-order chi connectivity index (χ0) is 27.9. The van der Waals surface area contributed by atoms with Gasteiger partial charge < -0.3 is 5.32 Å². The molecule has 0 fully saturated rings. The van der Waals surface area contributed by atoms with Crippen molar-refractivity contribution in [1.82, 2.24) is 0 Å². The van der Waals surface area contributed by atoms with Crippen LogP contribution in [0.4, 0.5) is 11.4 Å². The monoisotopic (exact) mass is 553 g/mol. The molecule has 2 heteroatoms. The Morgan fingerprint density at radius 3 is 1.90 bits per heavy atom. The van der Waals surface area contributed by atoms with Crippen molar-refractivity contribution in [2.45, 2.75) is 0 Å². The molecule has 0 amide bonds. The van der Waals surface area contributed by atoms with Crippen molar-refractivity contribution in [2.75, 3.05) is 5.32 Å². The maximum atomic E-state index is 3.81. The maximum absolute atomic E-state index is 3.81. The minimum absolute atomic E-state index is 1.09. The van der Waals surface area contributed by atoms with E-state index in [1.54, 1.807) is 0 Å². The Balaban J connectivity index is 1.30. The topological polar surface area (TPSA) is 12.0 Å². The highest BCUT2D eigenvalue weighted by atomic mass is 32.1. The van der Waals surface area contributed by atoms with E-state index in [1.807, 2.05) is 11.3 Å². The van der Waals surface area contributed by atoms with Crippen molar-refractivity contribution >= 4 is 53.7 Å². The van der Waals surface area contributed by atoms with Gasteiger partial charge in [0.25, 0.3) is 0 Å². The van der Waals surface area contributed by atoms with Crippen molar-refractivity contribution in [3.05, 3.63) is 158 Å². The van der Waals surface area contributed by atoms with Crippen molar-refractivity contribution in [2.24, 2.45) is 0 Å². The van der Waals surface area contributed by atoms with Crippen LogP contribution in [0.3, 0.4) is 0 Å². The summed E-state index contributed by atoms with van der Waals surface area (Å²) in [6.45, 7) is 0. The maximum Gasteiger partial charge on any atom is 0.0464 e. The van der Waals surface area contributed by atoms with E-state index in [2.05, 4.69) is 163 Å². The molecule has 1 heterocycles. The molecule has 8 aromatic rings. The Hall–Kier alpha value is -5.18. The van der Waals surface area contributed by atoms with E-state index in [9.17, 15) is 0 Å². The second-order valence-corrected chi connectivity index (χ2v) is 11.8. The summed E-state index contributed by atoms with van der Waals surface area (Å²) in [7, 11) is 0. The number of hydrogen-bond acceptors (Lipinski definition) is 2. The molecule has 0 aliphatic rings. The van der Waals surface area contributed by atoms with Gasteiger partial charge in [-0.05, 0) is 75.7 Å². The van der Waals surface area contributed by atoms with E-state index >= 15 is 0 Å². The SMILES string of the molecule is c1ccc(-c2cccc(-c3ccc(Nc4cccc5ccccc45)c(-c4ccc5sc6ccccc6c5c4)c3)c2)cc1. The van der Waals surface area contributed by atoms with Crippen molar-refractivity contribution in [3.8, 4) is 33.4 Å². The molecule has 0 bridgehead atoms. The molecule has 0 saturated heterocycles. The minimum Gasteiger partial charge on any atom is -0.355 e. The molecule has 0 unspecified atom stereocenters. The Bertz CT molecular complexity index is 2220. The number of rotatable bonds is 5. The molecule has 42 heavy (non-hydrogen) atoms. The second-order valence-electron chi connectivity index (χ2n) is 10.7. The van der Waals surface area contributed by atoms with Gasteiger partial charge in [-0.15, -0.1) is 11.3 Å². The van der Waals surface area contributed by atoms with Crippen LogP contribution in [-0.2, 0) is 0 Å². The molecular formula is C40H27NS. The van der Waals surface area contributed by atoms with Crippen LogP contribution in [0.2, 0.25) is 0 Å². The Kier molecular flexibility index (Phi) is 6.05. The van der Waals surface area contributed by atoms with Gasteiger partial charge in [0.05, 0.1) is 0 Å². The van der Waals surface area contributed by atoms with E-state index in [-0.39, 0.29) is 0 Å². The molecule has 1 aromatic heterocycles. The lowest BCUT2D eigenvalue weighted by atomic mass is 9.94. The first-order chi connectivity index (χ1) is 20.8. The standard InChI is InChI=1S/C40H27NS/c1-2-10-27(11-3-1)29-14-8-15-30(24-29)31-20-22-38(41-37-18-9-13-28-12-4-5-16-33(28)37)35(25-31)32-21-23-40-36(26-32)34-17-6-7-19-39(34)42-40/h1-26,41H. The van der Waals surface area contributed by atoms with Crippen LogP contribution in [0.25, 0.3) is 64.3 Å². The average molecular weight is 554 g/mol. The lowest BCUT2D eigenvalue weighted by Crippen LogP contribution is -1.95. The fourth-order valence-corrected chi connectivity index (χ4v) is 7.04. The predicted octanol–water partition coefficient (Wildman–Crippen LogP) is 12.0. The van der Waals surface area contributed by atoms with E-state index < -0.39 is 0 Å². The fourth-order valence-electron chi connectivity index (χ4n) is 5.95. The predicted molar refractivity (Wildman–Crippen MR) is 183 cm³/mol. The van der Waals surface area contributed by atoms with E-state index in [1.165, 1.54) is 64.3 Å². The molecule has 0 atom stereocenters. The third-order valence-electron chi connectivity index (χ3n) is 8.07. The molecule has 0 saturated carbocycles. The Morgan fingerprint density at radius 2 is 1.00 bits per heavy atom. The van der Waals surface area contributed by atoms with Gasteiger partial charge in [-0.3, -0.25) is 0 Å². The van der Waals surface area contributed by atoms with Gasteiger partial charge in [0.2, 0.25) is 0 Å². The number of anilines is 2. The molecule has 7 aromatic carbocycles. The van der Waals surface area contributed by atoms with Crippen LogP contribution in [0.15, 0.2) is 158 Å². The fraction of sp³-hybridized carbons (Fsp3) is 0. The number of benzene rings is 7. The van der Waals surface area contributed by atoms with Crippen molar-refractivity contribution in [1.29, 1.82) is 0 Å². The van der Waals surface area contributed by atoms with E-state index in [0.717, 1.165) is 11.4 Å². The first-order valence-electron chi connectivity index (χ1n) is 14.3. The molecule has 0 spiro atoms. The highest BCUT2D eigenvalue weighted by Gasteiger charge is 2.13. The first kappa shape index (κ1) is 24.6. The molecule has 1 nitrogen and oxygen atoms in total. The van der Waals surface area contributed by atoms with Crippen molar-refractivity contribution in [3.63, 3.8) is 0 Å². The lowest BCUT2D eigenvalue weighted by Gasteiger charge is -2.17. The smallest absolute Gasteiger partial charge is 0.0464 e. The summed E-state index contributed by atoms with van der Waals surface area (Å²) in [5.41, 5.74) is 9.43. The van der Waals surface area contributed by atoms with Crippen LogP contribution < -0.4 is 5.32 Å². The summed E-state index contributed by atoms with van der Waals surface area (Å²) in [5, 5.41) is 8.87. The first-order valence-corrected chi connectivity index (χ1v) is 15.1. The Labute approximate surface area is 249 Å². The summed E-state index contributed by atoms with van der Waals surface area (Å²) in [6, 6.07) is 56.9. The largest absolute Gasteiger partial charge is 0.355 e. The number of nitrogens with one attached hydrogen (secondary N) is 1. The molecule has 0 aliphatic carbocycles. The van der Waals surface area contributed by atoms with Gasteiger partial charge in [0, 0.05) is 42.5 Å². The third kappa shape index (κ3) is 4.43. The molecule has 0 aliphatic heterocycles. The molecule has 8 rings (SSSR count). The third-order valence-corrected chi connectivity index (χ3v) is 9.22. The average Bonchev–Trinajstić information content (AvgIpc) is 3.44. The van der Waals surface area contributed by atoms with Gasteiger partial charge in [0.1, 0.15) is 0 Å². The summed E-state index contributed by atoms with van der Waals surface area (Å²) in [5.74, 6) is 0. The van der Waals surface area contributed by atoms with Gasteiger partial charge in [-0.1, -0.05) is 115 Å². The zero-order valence-electron chi connectivity index (χ0n) is 22.9. The van der Waals surface area contributed by atoms with Crippen molar-refractivity contribution < 1.29 is 0 Å². The highest BCUT2D eigenvalue weighted by Crippen LogP contribution is 2.41. The zero-order valence-corrected chi connectivity index (χ0v) is 23.7. The van der Waals surface area contributed by atoms with Crippen LogP contribution in [-0.4, -0.2) is 0 Å². The van der Waals surface area contributed by atoms with Gasteiger partial charge >= 0.3 is 0 Å². The quantitative estimate of drug-likeness (QED) is 0.223. The minimum atomic E-state index is 1.09. The van der Waals surface area contributed by atoms with Gasteiger partial charge in [0.15, 0.2) is 0 Å². The summed E-state index contributed by atoms with van der Waals surface area (Å²) in [6.07, 6.45) is 0. The number of hydrogen-bond donors (Lipinski definition) is 1. The van der Waals surface area contributed by atoms with Gasteiger partial charge in [-0.2, -0.15) is 0 Å². The van der Waals surface area contributed by atoms with Crippen LogP contribution in [0.1, 0.15) is 0 Å². The second kappa shape index (κ2) is 10.3. The number of thiophene rings is 1. The number of fused-ring (bicyclic) bond motifs is 4. The highest BCUT2D eigenvalue weighted by molar-refractivity contribution is 7.25. The molecule has 0 radical (unpaired) electrons. The summed E-state index contributed by atoms with van der Waals surface area (Å²) < 4.78 is 2.64. The van der Waals surface area contributed by atoms with E-state index in [0.29, 0.717) is 0 Å². The lowest BCUT2D eigenvalue weighted by molar-refractivity contribution is 1.54. The summed E-state index contributed by atoms with van der Waals surface area (Å²) in [4.78, 5) is 0. The van der Waals surface area contributed by atoms with Crippen LogP contribution in [0, 0.1) is 0 Å². The molecular weight excluding hydrogens is 527 g/mol. The van der Waals surface area contributed by atoms with Crippen LogP contribution in [0.5, 0.6) is 0 Å². The van der Waals surface area contributed by atoms with Crippen LogP contribution >= 0.6 is 11.3 Å². The normalized spacial score (nSPS) is 11.3. The Morgan fingerprint density at radius 1 is 0.357 bits per heavy atom. The van der Waals surface area contributed by atoms with E-state index in [4.69, 9.17) is 0 Å². The van der Waals surface area contributed by atoms with Gasteiger partial charge in [-0.25, -0.2) is 0 Å². The molecule has 198 valence electrons.